The summed E-state index contributed by atoms with van der Waals surface area (Å²) in [5.74, 6) is -0.287. The van der Waals surface area contributed by atoms with E-state index in [0.29, 0.717) is 22.5 Å². The largest absolute Gasteiger partial charge is 0.392 e. The minimum atomic E-state index is -2.24. The molecule has 4 rings (SSSR count). The average molecular weight is 501 g/mol. The highest BCUT2D eigenvalue weighted by atomic mass is 35.5. The Labute approximate surface area is 203 Å². The molecule has 6 nitrogen and oxygen atoms in total. The van der Waals surface area contributed by atoms with Gasteiger partial charge in [0.2, 0.25) is 0 Å². The maximum atomic E-state index is 14.7. The van der Waals surface area contributed by atoms with Gasteiger partial charge in [-0.2, -0.15) is 0 Å². The van der Waals surface area contributed by atoms with Crippen LogP contribution in [0.4, 0.5) is 4.39 Å². The van der Waals surface area contributed by atoms with E-state index in [0.717, 1.165) is 5.56 Å². The predicted molar refractivity (Wildman–Crippen MR) is 130 cm³/mol. The zero-order valence-corrected chi connectivity index (χ0v) is 19.9. The number of rotatable bonds is 6. The number of benzene rings is 3. The number of aromatic nitrogens is 2. The highest BCUT2D eigenvalue weighted by Crippen LogP contribution is 2.34. The third-order valence-corrected chi connectivity index (χ3v) is 6.49. The molecule has 34 heavy (non-hydrogen) atoms. The second-order valence-electron chi connectivity index (χ2n) is 8.25. The fraction of sp³-hybridized carbons (Fsp3) is 0.160. The normalized spacial score (nSPS) is 12.7. The van der Waals surface area contributed by atoms with Crippen LogP contribution in [0.15, 0.2) is 71.8 Å². The van der Waals surface area contributed by atoms with Crippen LogP contribution < -0.4 is 0 Å². The molecule has 9 heteroatoms. The molecule has 0 saturated heterocycles. The SMILES string of the molecule is CC(C)(O)c1cn(-c2ccc(-c3ccc(CO)c(S(=O)O)c3)cc2)c(-c2c(F)cccc2Cl)n1. The lowest BCUT2D eigenvalue weighted by Crippen LogP contribution is -2.15. The molecule has 0 bridgehead atoms. The topological polar surface area (TPSA) is 95.6 Å². The summed E-state index contributed by atoms with van der Waals surface area (Å²) in [4.78, 5) is 4.63. The molecule has 0 aliphatic carbocycles. The second-order valence-corrected chi connectivity index (χ2v) is 9.60. The first kappa shape index (κ1) is 24.3. The van der Waals surface area contributed by atoms with Crippen molar-refractivity contribution in [3.05, 3.63) is 89.0 Å². The monoisotopic (exact) mass is 500 g/mol. The third kappa shape index (κ3) is 4.68. The number of hydrogen-bond donors (Lipinski definition) is 3. The van der Waals surface area contributed by atoms with Crippen LogP contribution in [0.25, 0.3) is 28.2 Å². The molecule has 4 aromatic rings. The summed E-state index contributed by atoms with van der Waals surface area (Å²) in [7, 11) is 0. The minimum absolute atomic E-state index is 0.124. The highest BCUT2D eigenvalue weighted by Gasteiger charge is 2.25. The van der Waals surface area contributed by atoms with Crippen LogP contribution in [0.3, 0.4) is 0 Å². The van der Waals surface area contributed by atoms with Crippen LogP contribution in [0.5, 0.6) is 0 Å². The summed E-state index contributed by atoms with van der Waals surface area (Å²) in [6.07, 6.45) is 1.64. The highest BCUT2D eigenvalue weighted by molar-refractivity contribution is 7.79. The van der Waals surface area contributed by atoms with Gasteiger partial charge in [0.1, 0.15) is 17.2 Å². The minimum Gasteiger partial charge on any atom is -0.392 e. The Balaban J connectivity index is 1.81. The molecule has 176 valence electrons. The number of nitrogens with zero attached hydrogens (tertiary/aromatic N) is 2. The Hall–Kier alpha value is -2.88. The first-order valence-corrected chi connectivity index (χ1v) is 11.8. The van der Waals surface area contributed by atoms with E-state index >= 15 is 0 Å². The van der Waals surface area contributed by atoms with E-state index in [1.54, 1.807) is 61.0 Å². The van der Waals surface area contributed by atoms with E-state index in [1.165, 1.54) is 12.1 Å². The Morgan fingerprint density at radius 3 is 2.35 bits per heavy atom. The first-order chi connectivity index (χ1) is 16.1. The van der Waals surface area contributed by atoms with Crippen molar-refractivity contribution in [1.29, 1.82) is 0 Å². The van der Waals surface area contributed by atoms with Crippen LogP contribution in [0, 0.1) is 5.82 Å². The molecule has 1 heterocycles. The average Bonchev–Trinajstić information content (AvgIpc) is 3.24. The predicted octanol–water partition coefficient (Wildman–Crippen LogP) is 5.30. The van der Waals surface area contributed by atoms with Crippen molar-refractivity contribution in [2.45, 2.75) is 31.0 Å². The summed E-state index contributed by atoms with van der Waals surface area (Å²) in [6.45, 7) is 2.84. The zero-order valence-electron chi connectivity index (χ0n) is 18.4. The Bertz CT molecular complexity index is 1360. The summed E-state index contributed by atoms with van der Waals surface area (Å²) in [5, 5.41) is 20.1. The Morgan fingerprint density at radius 2 is 1.76 bits per heavy atom. The van der Waals surface area contributed by atoms with Crippen molar-refractivity contribution in [2.75, 3.05) is 0 Å². The van der Waals surface area contributed by atoms with Crippen molar-refractivity contribution in [2.24, 2.45) is 0 Å². The van der Waals surface area contributed by atoms with Crippen molar-refractivity contribution in [3.63, 3.8) is 0 Å². The standard InChI is InChI=1S/C25H22ClFN2O4S/c1-25(2,31)22-13-29(24(28-22)23-19(26)4-3-5-20(23)27)18-10-8-15(9-11-18)16-6-7-17(14-30)21(12-16)34(32)33/h3-13,30-31H,14H2,1-2H3,(H,32,33). The lowest BCUT2D eigenvalue weighted by atomic mass is 10.0. The number of imidazole rings is 1. The van der Waals surface area contributed by atoms with Crippen molar-refractivity contribution < 1.29 is 23.4 Å². The van der Waals surface area contributed by atoms with Gasteiger partial charge in [0.25, 0.3) is 0 Å². The van der Waals surface area contributed by atoms with Crippen molar-refractivity contribution in [1.82, 2.24) is 9.55 Å². The molecule has 0 amide bonds. The molecule has 0 radical (unpaired) electrons. The molecule has 1 aromatic heterocycles. The summed E-state index contributed by atoms with van der Waals surface area (Å²) in [6, 6.07) is 16.5. The molecule has 1 unspecified atom stereocenters. The van der Waals surface area contributed by atoms with E-state index in [9.17, 15) is 23.4 Å². The van der Waals surface area contributed by atoms with E-state index in [-0.39, 0.29) is 27.9 Å². The van der Waals surface area contributed by atoms with Gasteiger partial charge < -0.3 is 14.8 Å². The molecular formula is C25H22ClFN2O4S. The number of hydrogen-bond acceptors (Lipinski definition) is 4. The van der Waals surface area contributed by atoms with Gasteiger partial charge in [-0.1, -0.05) is 41.9 Å². The van der Waals surface area contributed by atoms with Crippen LogP contribution >= 0.6 is 11.6 Å². The fourth-order valence-corrected chi connectivity index (χ4v) is 4.43. The number of aliphatic hydroxyl groups is 2. The quantitative estimate of drug-likeness (QED) is 0.312. The van der Waals surface area contributed by atoms with Crippen LogP contribution in [0.2, 0.25) is 5.02 Å². The van der Waals surface area contributed by atoms with Gasteiger partial charge in [0.15, 0.2) is 11.1 Å². The van der Waals surface area contributed by atoms with Crippen molar-refractivity contribution >= 4 is 22.7 Å². The maximum Gasteiger partial charge on any atom is 0.186 e. The van der Waals surface area contributed by atoms with Gasteiger partial charge in [0.05, 0.1) is 27.8 Å². The molecular weight excluding hydrogens is 479 g/mol. The van der Waals surface area contributed by atoms with E-state index in [2.05, 4.69) is 4.98 Å². The van der Waals surface area contributed by atoms with Crippen LogP contribution in [-0.2, 0) is 23.3 Å². The van der Waals surface area contributed by atoms with Crippen LogP contribution in [-0.4, -0.2) is 28.5 Å². The Kier molecular flexibility index (Phi) is 6.71. The lowest BCUT2D eigenvalue weighted by molar-refractivity contribution is 0.0743. The molecule has 0 spiro atoms. The van der Waals surface area contributed by atoms with Gasteiger partial charge in [0, 0.05) is 11.9 Å². The molecule has 0 aliphatic rings. The maximum absolute atomic E-state index is 14.7. The van der Waals surface area contributed by atoms with Gasteiger partial charge in [-0.15, -0.1) is 0 Å². The van der Waals surface area contributed by atoms with E-state index < -0.39 is 22.5 Å². The van der Waals surface area contributed by atoms with Crippen LogP contribution in [0.1, 0.15) is 25.1 Å². The smallest absolute Gasteiger partial charge is 0.186 e. The molecule has 1 atom stereocenters. The molecule has 0 saturated carbocycles. The zero-order chi connectivity index (χ0) is 24.6. The summed E-state index contributed by atoms with van der Waals surface area (Å²) < 4.78 is 37.6. The van der Waals surface area contributed by atoms with Gasteiger partial charge in [-0.3, -0.25) is 4.57 Å². The first-order valence-electron chi connectivity index (χ1n) is 10.3. The third-order valence-electron chi connectivity index (χ3n) is 5.42. The Morgan fingerprint density at radius 1 is 1.09 bits per heavy atom. The second kappa shape index (κ2) is 9.40. The van der Waals surface area contributed by atoms with Gasteiger partial charge in [-0.05, 0) is 60.9 Å². The molecule has 0 fully saturated rings. The summed E-state index contributed by atoms with van der Waals surface area (Å²) >= 11 is 4.06. The van der Waals surface area contributed by atoms with E-state index in [1.807, 2.05) is 12.1 Å². The van der Waals surface area contributed by atoms with Crippen molar-refractivity contribution in [3.8, 4) is 28.2 Å². The lowest BCUT2D eigenvalue weighted by Gasteiger charge is -2.13. The fourth-order valence-electron chi connectivity index (χ4n) is 3.60. The number of halogens is 2. The van der Waals surface area contributed by atoms with Gasteiger partial charge in [-0.25, -0.2) is 13.6 Å². The van der Waals surface area contributed by atoms with Gasteiger partial charge >= 0.3 is 0 Å². The molecule has 0 aliphatic heterocycles. The molecule has 3 N–H and O–H groups in total. The summed E-state index contributed by atoms with van der Waals surface area (Å²) in [5.41, 5.74) is 1.71. The number of aliphatic hydroxyl groups excluding tert-OH is 1. The molecule has 3 aromatic carbocycles. The van der Waals surface area contributed by atoms with E-state index in [4.69, 9.17) is 11.6 Å².